The van der Waals surface area contributed by atoms with Crippen molar-refractivity contribution >= 4 is 28.8 Å². The van der Waals surface area contributed by atoms with E-state index in [-0.39, 0.29) is 11.8 Å². The van der Waals surface area contributed by atoms with Crippen molar-refractivity contribution in [2.24, 2.45) is 0 Å². The van der Waals surface area contributed by atoms with E-state index in [1.54, 1.807) is 24.3 Å². The quantitative estimate of drug-likeness (QED) is 0.471. The highest BCUT2D eigenvalue weighted by atomic mass is 32.1. The first-order valence-electron chi connectivity index (χ1n) is 11.3. The van der Waals surface area contributed by atoms with Crippen molar-refractivity contribution in [1.82, 2.24) is 10.2 Å². The van der Waals surface area contributed by atoms with Gasteiger partial charge in [-0.2, -0.15) is 0 Å². The van der Waals surface area contributed by atoms with Crippen molar-refractivity contribution in [2.75, 3.05) is 32.6 Å². The molecular weight excluding hydrogens is 450 g/mol. The molecule has 1 aliphatic rings. The monoisotopic (exact) mass is 479 g/mol. The fourth-order valence-electron chi connectivity index (χ4n) is 4.00. The Bertz CT molecular complexity index is 1120. The second-order valence-electron chi connectivity index (χ2n) is 8.17. The minimum absolute atomic E-state index is 0.287. The molecule has 4 rings (SSSR count). The molecule has 2 amide bonds. The van der Waals surface area contributed by atoms with Gasteiger partial charge in [0.25, 0.3) is 11.8 Å². The third kappa shape index (κ3) is 5.76. The van der Waals surface area contributed by atoms with Crippen LogP contribution in [-0.2, 0) is 13.1 Å². The second kappa shape index (κ2) is 11.2. The standard InChI is InChI=1S/C26H29N3O4S/c1-32-22-14-20(21(15-23(22)33-2)28-26(31)24-6-5-13-34-24)25(30)27-16-18-7-9-19(10-8-18)17-29-11-3-4-12-29/h5-10,13-15H,3-4,11-12,16-17H2,1-2H3,(H,27,30)(H,28,31). The molecule has 0 aliphatic carbocycles. The van der Waals surface area contributed by atoms with Gasteiger partial charge in [0.05, 0.1) is 30.3 Å². The van der Waals surface area contributed by atoms with E-state index in [9.17, 15) is 9.59 Å². The average Bonchev–Trinajstić information content (AvgIpc) is 3.58. The smallest absolute Gasteiger partial charge is 0.265 e. The largest absolute Gasteiger partial charge is 0.493 e. The minimum Gasteiger partial charge on any atom is -0.493 e. The number of nitrogens with zero attached hydrogens (tertiary/aromatic N) is 1. The Morgan fingerprint density at radius 3 is 2.26 bits per heavy atom. The molecule has 0 spiro atoms. The molecule has 0 saturated carbocycles. The summed E-state index contributed by atoms with van der Waals surface area (Å²) in [4.78, 5) is 28.7. The lowest BCUT2D eigenvalue weighted by Crippen LogP contribution is -2.25. The molecule has 1 saturated heterocycles. The van der Waals surface area contributed by atoms with Crippen molar-refractivity contribution in [2.45, 2.75) is 25.9 Å². The van der Waals surface area contributed by atoms with Gasteiger partial charge < -0.3 is 20.1 Å². The van der Waals surface area contributed by atoms with Gasteiger partial charge in [-0.05, 0) is 54.6 Å². The fraction of sp³-hybridized carbons (Fsp3) is 0.308. The maximum absolute atomic E-state index is 13.1. The van der Waals surface area contributed by atoms with Crippen molar-refractivity contribution < 1.29 is 19.1 Å². The number of anilines is 1. The number of rotatable bonds is 9. The van der Waals surface area contributed by atoms with Crippen molar-refractivity contribution in [1.29, 1.82) is 0 Å². The van der Waals surface area contributed by atoms with Crippen LogP contribution in [0.1, 0.15) is 44.0 Å². The summed E-state index contributed by atoms with van der Waals surface area (Å²) in [6, 6.07) is 15.0. The maximum Gasteiger partial charge on any atom is 0.265 e. The van der Waals surface area contributed by atoms with Gasteiger partial charge in [0.2, 0.25) is 0 Å². The third-order valence-electron chi connectivity index (χ3n) is 5.84. The van der Waals surface area contributed by atoms with Crippen LogP contribution in [0.3, 0.4) is 0 Å². The number of benzene rings is 2. The predicted octanol–water partition coefficient (Wildman–Crippen LogP) is 4.54. The Morgan fingerprint density at radius 1 is 0.941 bits per heavy atom. The van der Waals surface area contributed by atoms with Gasteiger partial charge in [-0.3, -0.25) is 14.5 Å². The second-order valence-corrected chi connectivity index (χ2v) is 9.11. The zero-order valence-corrected chi connectivity index (χ0v) is 20.2. The van der Waals surface area contributed by atoms with E-state index >= 15 is 0 Å². The van der Waals surface area contributed by atoms with Crippen LogP contribution in [0.25, 0.3) is 0 Å². The predicted molar refractivity (Wildman–Crippen MR) is 134 cm³/mol. The number of thiophene rings is 1. The van der Waals surface area contributed by atoms with E-state index in [0.29, 0.717) is 34.2 Å². The van der Waals surface area contributed by atoms with Crippen LogP contribution in [0.15, 0.2) is 53.9 Å². The minimum atomic E-state index is -0.316. The molecule has 1 aromatic heterocycles. The van der Waals surface area contributed by atoms with Crippen LogP contribution in [0.4, 0.5) is 5.69 Å². The Kier molecular flexibility index (Phi) is 7.82. The van der Waals surface area contributed by atoms with Gasteiger partial charge in [0, 0.05) is 19.2 Å². The molecule has 0 unspecified atom stereocenters. The summed E-state index contributed by atoms with van der Waals surface area (Å²) in [6.45, 7) is 3.66. The van der Waals surface area contributed by atoms with Crippen LogP contribution < -0.4 is 20.1 Å². The van der Waals surface area contributed by atoms with E-state index < -0.39 is 0 Å². The molecule has 2 N–H and O–H groups in total. The topological polar surface area (TPSA) is 79.9 Å². The van der Waals surface area contributed by atoms with Crippen molar-refractivity contribution in [3.8, 4) is 11.5 Å². The number of carbonyl (C=O) groups excluding carboxylic acids is 2. The van der Waals surface area contributed by atoms with Gasteiger partial charge in [-0.15, -0.1) is 11.3 Å². The molecule has 178 valence electrons. The summed E-state index contributed by atoms with van der Waals surface area (Å²) in [5, 5.41) is 7.61. The Hall–Kier alpha value is -3.36. The lowest BCUT2D eigenvalue weighted by Gasteiger charge is -2.16. The highest BCUT2D eigenvalue weighted by Gasteiger charge is 2.19. The molecule has 2 heterocycles. The number of hydrogen-bond acceptors (Lipinski definition) is 6. The van der Waals surface area contributed by atoms with Crippen LogP contribution in [0.5, 0.6) is 11.5 Å². The molecule has 0 atom stereocenters. The number of nitrogens with one attached hydrogen (secondary N) is 2. The lowest BCUT2D eigenvalue weighted by molar-refractivity contribution is 0.0951. The van der Waals surface area contributed by atoms with Gasteiger partial charge in [-0.25, -0.2) is 0 Å². The summed E-state index contributed by atoms with van der Waals surface area (Å²) in [5.41, 5.74) is 2.93. The van der Waals surface area contributed by atoms with Crippen LogP contribution in [0.2, 0.25) is 0 Å². The molecular formula is C26H29N3O4S. The first-order valence-corrected chi connectivity index (χ1v) is 12.1. The average molecular weight is 480 g/mol. The first kappa shape index (κ1) is 23.8. The highest BCUT2D eigenvalue weighted by Crippen LogP contribution is 2.34. The SMILES string of the molecule is COc1cc(NC(=O)c2cccs2)c(C(=O)NCc2ccc(CN3CCCC3)cc2)cc1OC. The molecule has 3 aromatic rings. The molecule has 2 aromatic carbocycles. The molecule has 0 bridgehead atoms. The molecule has 8 heteroatoms. The summed E-state index contributed by atoms with van der Waals surface area (Å²) < 4.78 is 10.7. The van der Waals surface area contributed by atoms with Crippen molar-refractivity contribution in [3.63, 3.8) is 0 Å². The van der Waals surface area contributed by atoms with E-state index in [1.165, 1.54) is 44.0 Å². The van der Waals surface area contributed by atoms with Crippen molar-refractivity contribution in [3.05, 3.63) is 75.5 Å². The number of carbonyl (C=O) groups is 2. The highest BCUT2D eigenvalue weighted by molar-refractivity contribution is 7.12. The molecule has 1 fully saturated rings. The Labute approximate surface area is 203 Å². The van der Waals surface area contributed by atoms with Gasteiger partial charge in [0.1, 0.15) is 0 Å². The first-order chi connectivity index (χ1) is 16.6. The summed E-state index contributed by atoms with van der Waals surface area (Å²) in [6.07, 6.45) is 2.55. The van der Waals surface area contributed by atoms with Gasteiger partial charge in [0.15, 0.2) is 11.5 Å². The fourth-order valence-corrected chi connectivity index (χ4v) is 4.62. The number of ether oxygens (including phenoxy) is 2. The lowest BCUT2D eigenvalue weighted by atomic mass is 10.1. The zero-order chi connectivity index (χ0) is 23.9. The Balaban J connectivity index is 1.47. The zero-order valence-electron chi connectivity index (χ0n) is 19.4. The molecule has 34 heavy (non-hydrogen) atoms. The number of hydrogen-bond donors (Lipinski definition) is 2. The normalized spacial score (nSPS) is 13.5. The maximum atomic E-state index is 13.1. The number of amides is 2. The molecule has 0 radical (unpaired) electrons. The summed E-state index contributed by atoms with van der Waals surface area (Å²) in [5.74, 6) is 0.232. The van der Waals surface area contributed by atoms with Gasteiger partial charge in [-0.1, -0.05) is 30.3 Å². The van der Waals surface area contributed by atoms with Crippen LogP contribution in [0, 0.1) is 0 Å². The van der Waals surface area contributed by atoms with Gasteiger partial charge >= 0.3 is 0 Å². The summed E-state index contributed by atoms with van der Waals surface area (Å²) >= 11 is 1.33. The van der Waals surface area contributed by atoms with E-state index in [1.807, 2.05) is 17.5 Å². The van der Waals surface area contributed by atoms with E-state index in [4.69, 9.17) is 9.47 Å². The third-order valence-corrected chi connectivity index (χ3v) is 6.71. The summed E-state index contributed by atoms with van der Waals surface area (Å²) in [7, 11) is 3.02. The van der Waals surface area contributed by atoms with Crippen LogP contribution in [-0.4, -0.2) is 44.0 Å². The van der Waals surface area contributed by atoms with E-state index in [2.05, 4.69) is 27.7 Å². The van der Waals surface area contributed by atoms with Crippen LogP contribution >= 0.6 is 11.3 Å². The number of methoxy groups -OCH3 is 2. The number of likely N-dealkylation sites (tertiary alicyclic amines) is 1. The van der Waals surface area contributed by atoms with E-state index in [0.717, 1.165) is 25.2 Å². The Morgan fingerprint density at radius 2 is 1.62 bits per heavy atom. The molecule has 7 nitrogen and oxygen atoms in total. The molecule has 1 aliphatic heterocycles.